The van der Waals surface area contributed by atoms with E-state index in [1.54, 1.807) is 6.92 Å². The standard InChI is InChI=1S/C30H40O6/c1-17-7-10-23(35-26(17)32)19(3)30(34)14-13-28(6)22(18(30)2)16-29(33)15-20-8-12-25(31)36-27(4,5)21(20)9-11-24(28)29/h7-8,12,15,19,21-24,33-34H,2,9-11,13-14,16H2,1,3-6H3/t19-,21+,22-,23+,24-,28+,29-,30-/m0/s1. The van der Waals surface area contributed by atoms with Crippen LogP contribution in [0.4, 0.5) is 0 Å². The van der Waals surface area contributed by atoms with E-state index in [1.165, 1.54) is 6.08 Å². The highest BCUT2D eigenvalue weighted by Crippen LogP contribution is 2.66. The van der Waals surface area contributed by atoms with E-state index in [4.69, 9.17) is 9.47 Å². The van der Waals surface area contributed by atoms with Crippen LogP contribution in [0.2, 0.25) is 0 Å². The lowest BCUT2D eigenvalue weighted by molar-refractivity contribution is -0.156. The van der Waals surface area contributed by atoms with Crippen LogP contribution in [-0.2, 0) is 19.1 Å². The van der Waals surface area contributed by atoms with Crippen LogP contribution in [-0.4, -0.2) is 45.1 Å². The number of ether oxygens (including phenoxy) is 2. The Bertz CT molecular complexity index is 1100. The van der Waals surface area contributed by atoms with Crippen molar-refractivity contribution in [3.63, 3.8) is 0 Å². The summed E-state index contributed by atoms with van der Waals surface area (Å²) in [5.41, 5.74) is -0.810. The molecule has 6 heteroatoms. The number of esters is 2. The molecule has 0 saturated heterocycles. The summed E-state index contributed by atoms with van der Waals surface area (Å²) in [6, 6.07) is 0. The molecule has 36 heavy (non-hydrogen) atoms. The Kier molecular flexibility index (Phi) is 5.77. The Morgan fingerprint density at radius 3 is 2.50 bits per heavy atom. The van der Waals surface area contributed by atoms with Crippen molar-refractivity contribution in [3.05, 3.63) is 47.6 Å². The fraction of sp³-hybridized carbons (Fsp3) is 0.667. The Labute approximate surface area is 214 Å². The van der Waals surface area contributed by atoms with Crippen LogP contribution in [0.1, 0.15) is 73.1 Å². The number of hydrogen-bond donors (Lipinski definition) is 2. The Morgan fingerprint density at radius 1 is 1.08 bits per heavy atom. The number of carbonyl (C=O) groups is 2. The van der Waals surface area contributed by atoms with Crippen LogP contribution in [0, 0.1) is 29.1 Å². The first-order chi connectivity index (χ1) is 16.7. The maximum absolute atomic E-state index is 12.2. The zero-order valence-electron chi connectivity index (χ0n) is 22.2. The molecule has 5 aliphatic rings. The number of allylic oxidation sites excluding steroid dienone is 1. The molecule has 0 radical (unpaired) electrons. The molecule has 3 aliphatic carbocycles. The van der Waals surface area contributed by atoms with Crippen LogP contribution < -0.4 is 0 Å². The summed E-state index contributed by atoms with van der Waals surface area (Å²) < 4.78 is 11.4. The lowest BCUT2D eigenvalue weighted by Crippen LogP contribution is -2.53. The van der Waals surface area contributed by atoms with Crippen LogP contribution in [0.15, 0.2) is 47.6 Å². The Hall–Kier alpha value is -2.18. The van der Waals surface area contributed by atoms with Gasteiger partial charge in [0.05, 0.1) is 11.2 Å². The SMILES string of the molecule is C=C1[C@@H]2C[C@@]3(O)C=C4C=CC(=O)OC(C)(C)[C@@H]4CC[C@H]3[C@]2(C)CC[C@@]1(O)[C@@H](C)[C@H]1CC=C(C)C(=O)O1. The quantitative estimate of drug-likeness (QED) is 0.430. The molecule has 0 amide bonds. The molecule has 0 aromatic heterocycles. The minimum absolute atomic E-state index is 0.00373. The van der Waals surface area contributed by atoms with Crippen LogP contribution >= 0.6 is 0 Å². The van der Waals surface area contributed by atoms with E-state index < -0.39 is 22.9 Å². The molecular weight excluding hydrogens is 456 g/mol. The third-order valence-electron chi connectivity index (χ3n) is 10.5. The first-order valence-electron chi connectivity index (χ1n) is 13.4. The fourth-order valence-electron chi connectivity index (χ4n) is 8.17. The maximum atomic E-state index is 12.2. The first-order valence-corrected chi connectivity index (χ1v) is 13.4. The monoisotopic (exact) mass is 496 g/mol. The highest BCUT2D eigenvalue weighted by Gasteiger charge is 2.65. The third-order valence-corrected chi connectivity index (χ3v) is 10.5. The lowest BCUT2D eigenvalue weighted by atomic mass is 9.55. The minimum atomic E-state index is -1.17. The fourth-order valence-corrected chi connectivity index (χ4v) is 8.17. The average molecular weight is 497 g/mol. The second-order valence-electron chi connectivity index (χ2n) is 12.7. The molecule has 196 valence electrons. The van der Waals surface area contributed by atoms with Gasteiger partial charge in [-0.2, -0.15) is 0 Å². The third kappa shape index (κ3) is 3.66. The molecule has 2 heterocycles. The normalized spacial score (nSPS) is 44.6. The number of cyclic esters (lactones) is 2. The molecule has 2 aliphatic heterocycles. The average Bonchev–Trinajstić information content (AvgIpc) is 2.89. The molecule has 2 N–H and O–H groups in total. The zero-order chi connectivity index (χ0) is 26.3. The van der Waals surface area contributed by atoms with E-state index in [2.05, 4.69) is 13.5 Å². The van der Waals surface area contributed by atoms with E-state index >= 15 is 0 Å². The Balaban J connectivity index is 1.47. The molecule has 6 nitrogen and oxygen atoms in total. The number of carbonyl (C=O) groups excluding carboxylic acids is 2. The van der Waals surface area contributed by atoms with Gasteiger partial charge in [-0.15, -0.1) is 0 Å². The first kappa shape index (κ1) is 25.5. The van der Waals surface area contributed by atoms with Gasteiger partial charge in [0, 0.05) is 29.9 Å². The number of rotatable bonds is 2. The smallest absolute Gasteiger partial charge is 0.333 e. The van der Waals surface area contributed by atoms with Crippen molar-refractivity contribution in [3.8, 4) is 0 Å². The Morgan fingerprint density at radius 2 is 1.81 bits per heavy atom. The molecule has 2 fully saturated rings. The van der Waals surface area contributed by atoms with Crippen molar-refractivity contribution < 1.29 is 29.3 Å². The molecule has 0 spiro atoms. The summed E-state index contributed by atoms with van der Waals surface area (Å²) in [6.07, 6.45) is 10.7. The van der Waals surface area contributed by atoms with E-state index in [0.29, 0.717) is 24.8 Å². The van der Waals surface area contributed by atoms with Gasteiger partial charge in [-0.3, -0.25) is 0 Å². The number of hydrogen-bond acceptors (Lipinski definition) is 6. The highest BCUT2D eigenvalue weighted by atomic mass is 16.6. The molecule has 0 bridgehead atoms. The van der Waals surface area contributed by atoms with Crippen LogP contribution in [0.3, 0.4) is 0 Å². The lowest BCUT2D eigenvalue weighted by Gasteiger charge is -2.52. The van der Waals surface area contributed by atoms with Gasteiger partial charge in [-0.1, -0.05) is 32.6 Å². The summed E-state index contributed by atoms with van der Waals surface area (Å²) in [6.45, 7) is 14.3. The summed E-state index contributed by atoms with van der Waals surface area (Å²) in [5, 5.41) is 24.2. The van der Waals surface area contributed by atoms with Gasteiger partial charge < -0.3 is 19.7 Å². The van der Waals surface area contributed by atoms with E-state index in [-0.39, 0.29) is 41.0 Å². The van der Waals surface area contributed by atoms with Crippen LogP contribution in [0.5, 0.6) is 0 Å². The number of aliphatic hydroxyl groups is 2. The molecular formula is C30H40O6. The minimum Gasteiger partial charge on any atom is -0.458 e. The van der Waals surface area contributed by atoms with E-state index in [9.17, 15) is 19.8 Å². The summed E-state index contributed by atoms with van der Waals surface area (Å²) in [4.78, 5) is 24.4. The van der Waals surface area contributed by atoms with E-state index in [1.807, 2.05) is 39.0 Å². The van der Waals surface area contributed by atoms with Crippen LogP contribution in [0.25, 0.3) is 0 Å². The highest BCUT2D eigenvalue weighted by molar-refractivity contribution is 5.88. The van der Waals surface area contributed by atoms with Crippen molar-refractivity contribution in [2.45, 2.75) is 96.1 Å². The van der Waals surface area contributed by atoms with Crippen molar-refractivity contribution in [2.24, 2.45) is 29.1 Å². The van der Waals surface area contributed by atoms with E-state index in [0.717, 1.165) is 30.4 Å². The van der Waals surface area contributed by atoms with Crippen molar-refractivity contribution in [2.75, 3.05) is 0 Å². The van der Waals surface area contributed by atoms with Gasteiger partial charge in [0.2, 0.25) is 0 Å². The predicted octanol–water partition coefficient (Wildman–Crippen LogP) is 4.57. The second kappa shape index (κ2) is 8.16. The van der Waals surface area contributed by atoms with Crippen molar-refractivity contribution in [1.82, 2.24) is 0 Å². The summed E-state index contributed by atoms with van der Waals surface area (Å²) in [7, 11) is 0. The molecule has 2 saturated carbocycles. The largest absolute Gasteiger partial charge is 0.458 e. The van der Waals surface area contributed by atoms with Crippen molar-refractivity contribution >= 4 is 11.9 Å². The second-order valence-corrected chi connectivity index (χ2v) is 12.7. The van der Waals surface area contributed by atoms with Crippen molar-refractivity contribution in [1.29, 1.82) is 0 Å². The molecule has 5 rings (SSSR count). The summed E-state index contributed by atoms with van der Waals surface area (Å²) in [5.74, 6) is -1.04. The molecule has 0 aromatic carbocycles. The molecule has 0 aromatic rings. The number of fused-ring (bicyclic) bond motifs is 4. The van der Waals surface area contributed by atoms with Gasteiger partial charge in [0.25, 0.3) is 0 Å². The summed E-state index contributed by atoms with van der Waals surface area (Å²) >= 11 is 0. The topological polar surface area (TPSA) is 93.1 Å². The zero-order valence-corrected chi connectivity index (χ0v) is 22.2. The van der Waals surface area contributed by atoms with Gasteiger partial charge in [-0.05, 0) is 87.3 Å². The molecule has 8 atom stereocenters. The van der Waals surface area contributed by atoms with Gasteiger partial charge in [0.1, 0.15) is 11.7 Å². The van der Waals surface area contributed by atoms with Gasteiger partial charge in [0.15, 0.2) is 0 Å². The maximum Gasteiger partial charge on any atom is 0.333 e. The van der Waals surface area contributed by atoms with Gasteiger partial charge >= 0.3 is 11.9 Å². The van der Waals surface area contributed by atoms with Gasteiger partial charge in [-0.25, -0.2) is 9.59 Å². The predicted molar refractivity (Wildman–Crippen MR) is 136 cm³/mol. The molecule has 0 unspecified atom stereocenters.